The third kappa shape index (κ3) is 3.48. The Morgan fingerprint density at radius 1 is 1.20 bits per heavy atom. The number of carboxylic acids is 1. The maximum absolute atomic E-state index is 12.3. The lowest BCUT2D eigenvalue weighted by Crippen LogP contribution is -2.35. The molecule has 0 saturated carbocycles. The molecule has 0 atom stereocenters. The minimum absolute atomic E-state index is 0.0992. The van der Waals surface area contributed by atoms with Crippen LogP contribution in [0.4, 0.5) is 0 Å². The Balaban J connectivity index is 2.21. The van der Waals surface area contributed by atoms with E-state index in [2.05, 4.69) is 15.9 Å². The summed E-state index contributed by atoms with van der Waals surface area (Å²) >= 11 is 3.20. The van der Waals surface area contributed by atoms with Crippen LogP contribution in [0.5, 0.6) is 0 Å². The Labute approximate surface area is 123 Å². The highest BCUT2D eigenvalue weighted by Gasteiger charge is 2.23. The zero-order chi connectivity index (χ0) is 14.5. The van der Waals surface area contributed by atoms with Crippen molar-refractivity contribution in [1.82, 2.24) is 4.90 Å². The fourth-order valence-electron chi connectivity index (χ4n) is 1.76. The lowest BCUT2D eigenvalue weighted by molar-refractivity contribution is -0.137. The summed E-state index contributed by atoms with van der Waals surface area (Å²) in [6, 6.07) is 10.8. The SMILES string of the molecule is O=C(O)CN(Cc1ccccc1)C(=O)c1occc1Br. The highest BCUT2D eigenvalue weighted by molar-refractivity contribution is 9.10. The smallest absolute Gasteiger partial charge is 0.323 e. The number of nitrogens with zero attached hydrogens (tertiary/aromatic N) is 1. The molecule has 0 aliphatic carbocycles. The van der Waals surface area contributed by atoms with Crippen LogP contribution in [0, 0.1) is 0 Å². The van der Waals surface area contributed by atoms with Crippen molar-refractivity contribution in [2.75, 3.05) is 6.54 Å². The van der Waals surface area contributed by atoms with Crippen LogP contribution in [0.1, 0.15) is 16.1 Å². The molecule has 1 heterocycles. The first-order valence-corrected chi connectivity index (χ1v) is 6.65. The fraction of sp³-hybridized carbons (Fsp3) is 0.143. The highest BCUT2D eigenvalue weighted by atomic mass is 79.9. The number of hydrogen-bond acceptors (Lipinski definition) is 3. The van der Waals surface area contributed by atoms with Crippen LogP contribution in [0.3, 0.4) is 0 Å². The average Bonchev–Trinajstić information content (AvgIpc) is 2.84. The molecule has 2 aromatic rings. The van der Waals surface area contributed by atoms with Crippen LogP contribution in [0.2, 0.25) is 0 Å². The molecular formula is C14H12BrNO4. The highest BCUT2D eigenvalue weighted by Crippen LogP contribution is 2.20. The molecule has 0 radical (unpaired) electrons. The van der Waals surface area contributed by atoms with E-state index in [1.165, 1.54) is 11.2 Å². The van der Waals surface area contributed by atoms with Crippen LogP contribution in [0.15, 0.2) is 51.6 Å². The van der Waals surface area contributed by atoms with Crippen LogP contribution < -0.4 is 0 Å². The summed E-state index contributed by atoms with van der Waals surface area (Å²) < 4.78 is 5.60. The summed E-state index contributed by atoms with van der Waals surface area (Å²) in [6.07, 6.45) is 1.37. The van der Waals surface area contributed by atoms with Gasteiger partial charge in [0.05, 0.1) is 10.7 Å². The predicted octanol–water partition coefficient (Wildman–Crippen LogP) is 2.77. The minimum atomic E-state index is -1.07. The number of aliphatic carboxylic acids is 1. The largest absolute Gasteiger partial charge is 0.480 e. The zero-order valence-corrected chi connectivity index (χ0v) is 12.0. The van der Waals surface area contributed by atoms with Crippen molar-refractivity contribution in [1.29, 1.82) is 0 Å². The molecule has 5 nitrogen and oxygen atoms in total. The summed E-state index contributed by atoms with van der Waals surface area (Å²) in [5.41, 5.74) is 0.852. The number of furan rings is 1. The van der Waals surface area contributed by atoms with Crippen molar-refractivity contribution in [3.63, 3.8) is 0 Å². The third-order valence-corrected chi connectivity index (χ3v) is 3.27. The summed E-state index contributed by atoms with van der Waals surface area (Å²) in [5, 5.41) is 8.94. The van der Waals surface area contributed by atoms with Crippen LogP contribution in [-0.2, 0) is 11.3 Å². The summed E-state index contributed by atoms with van der Waals surface area (Å²) in [6.45, 7) is -0.181. The van der Waals surface area contributed by atoms with Gasteiger partial charge in [0.1, 0.15) is 6.54 Å². The first-order chi connectivity index (χ1) is 9.58. The monoisotopic (exact) mass is 337 g/mol. The van der Waals surface area contributed by atoms with Gasteiger partial charge in [-0.25, -0.2) is 0 Å². The number of amides is 1. The van der Waals surface area contributed by atoms with E-state index >= 15 is 0 Å². The molecule has 2 rings (SSSR count). The molecule has 1 amide bonds. The number of benzene rings is 1. The Bertz CT molecular complexity index is 609. The first kappa shape index (κ1) is 14.3. The van der Waals surface area contributed by atoms with E-state index in [9.17, 15) is 9.59 Å². The summed E-state index contributed by atoms with van der Waals surface area (Å²) in [5.74, 6) is -1.44. The quantitative estimate of drug-likeness (QED) is 0.910. The van der Waals surface area contributed by atoms with Gasteiger partial charge in [0.25, 0.3) is 5.91 Å². The second-order valence-electron chi connectivity index (χ2n) is 4.14. The van der Waals surface area contributed by atoms with Crippen molar-refractivity contribution in [2.24, 2.45) is 0 Å². The molecule has 1 N–H and O–H groups in total. The normalized spacial score (nSPS) is 10.2. The Kier molecular flexibility index (Phi) is 4.57. The van der Waals surface area contributed by atoms with Gasteiger partial charge in [-0.2, -0.15) is 0 Å². The Morgan fingerprint density at radius 2 is 1.90 bits per heavy atom. The molecule has 0 saturated heterocycles. The molecule has 1 aromatic heterocycles. The van der Waals surface area contributed by atoms with Crippen LogP contribution in [-0.4, -0.2) is 28.4 Å². The number of carbonyl (C=O) groups excluding carboxylic acids is 1. The Hall–Kier alpha value is -2.08. The lowest BCUT2D eigenvalue weighted by Gasteiger charge is -2.19. The molecule has 20 heavy (non-hydrogen) atoms. The molecule has 0 fully saturated rings. The molecular weight excluding hydrogens is 326 g/mol. The molecule has 6 heteroatoms. The molecule has 0 unspecified atom stereocenters. The predicted molar refractivity (Wildman–Crippen MR) is 75.2 cm³/mol. The van der Waals surface area contributed by atoms with E-state index in [1.54, 1.807) is 6.07 Å². The number of carbonyl (C=O) groups is 2. The second kappa shape index (κ2) is 6.38. The molecule has 0 spiro atoms. The van der Waals surface area contributed by atoms with Gasteiger partial charge in [-0.15, -0.1) is 0 Å². The molecule has 0 aliphatic heterocycles. The zero-order valence-electron chi connectivity index (χ0n) is 10.5. The molecule has 1 aromatic carbocycles. The number of carboxylic acid groups (broad SMARTS) is 1. The number of rotatable bonds is 5. The van der Waals surface area contributed by atoms with Crippen molar-refractivity contribution in [2.45, 2.75) is 6.54 Å². The average molecular weight is 338 g/mol. The van der Waals surface area contributed by atoms with Crippen molar-refractivity contribution in [3.05, 3.63) is 58.5 Å². The Morgan fingerprint density at radius 3 is 2.45 bits per heavy atom. The topological polar surface area (TPSA) is 70.8 Å². The van der Waals surface area contributed by atoms with E-state index in [0.717, 1.165) is 5.56 Å². The van der Waals surface area contributed by atoms with Crippen LogP contribution >= 0.6 is 15.9 Å². The van der Waals surface area contributed by atoms with Gasteiger partial charge in [-0.3, -0.25) is 9.59 Å². The van der Waals surface area contributed by atoms with Gasteiger partial charge in [0.2, 0.25) is 5.76 Å². The number of halogens is 1. The molecule has 104 valence electrons. The number of hydrogen-bond donors (Lipinski definition) is 1. The van der Waals surface area contributed by atoms with E-state index < -0.39 is 11.9 Å². The first-order valence-electron chi connectivity index (χ1n) is 5.86. The maximum atomic E-state index is 12.3. The standard InChI is InChI=1S/C14H12BrNO4/c15-11-6-7-20-13(11)14(19)16(9-12(17)18)8-10-4-2-1-3-5-10/h1-7H,8-9H2,(H,17,18). The van der Waals surface area contributed by atoms with Crippen molar-refractivity contribution >= 4 is 27.8 Å². The van der Waals surface area contributed by atoms with Crippen LogP contribution in [0.25, 0.3) is 0 Å². The second-order valence-corrected chi connectivity index (χ2v) is 4.99. The van der Waals surface area contributed by atoms with E-state index in [4.69, 9.17) is 9.52 Å². The van der Waals surface area contributed by atoms with Gasteiger partial charge < -0.3 is 14.4 Å². The third-order valence-electron chi connectivity index (χ3n) is 2.64. The van der Waals surface area contributed by atoms with E-state index in [-0.39, 0.29) is 18.8 Å². The van der Waals surface area contributed by atoms with Gasteiger partial charge in [-0.05, 0) is 27.6 Å². The minimum Gasteiger partial charge on any atom is -0.480 e. The molecule has 0 aliphatic rings. The maximum Gasteiger partial charge on any atom is 0.323 e. The fourth-order valence-corrected chi connectivity index (χ4v) is 2.13. The van der Waals surface area contributed by atoms with E-state index in [1.807, 2.05) is 30.3 Å². The van der Waals surface area contributed by atoms with Gasteiger partial charge in [-0.1, -0.05) is 30.3 Å². The lowest BCUT2D eigenvalue weighted by atomic mass is 10.2. The van der Waals surface area contributed by atoms with Crippen molar-refractivity contribution < 1.29 is 19.1 Å². The van der Waals surface area contributed by atoms with Crippen molar-refractivity contribution in [3.8, 4) is 0 Å². The van der Waals surface area contributed by atoms with Gasteiger partial charge >= 0.3 is 5.97 Å². The summed E-state index contributed by atoms with van der Waals surface area (Å²) in [7, 11) is 0. The van der Waals surface area contributed by atoms with Gasteiger partial charge in [0, 0.05) is 6.54 Å². The molecule has 0 bridgehead atoms. The van der Waals surface area contributed by atoms with Gasteiger partial charge in [0.15, 0.2) is 0 Å². The van der Waals surface area contributed by atoms with E-state index in [0.29, 0.717) is 4.47 Å². The summed E-state index contributed by atoms with van der Waals surface area (Å²) in [4.78, 5) is 24.5.